The molecular formula is C19H14Cl2N4OS. The van der Waals surface area contributed by atoms with E-state index in [2.05, 4.69) is 21.5 Å². The number of halogens is 2. The maximum atomic E-state index is 13.2. The summed E-state index contributed by atoms with van der Waals surface area (Å²) in [5.41, 5.74) is 2.52. The van der Waals surface area contributed by atoms with E-state index in [1.54, 1.807) is 28.2 Å². The molecule has 1 aliphatic carbocycles. The van der Waals surface area contributed by atoms with E-state index in [0.717, 1.165) is 23.3 Å². The SMILES string of the molecule is O=C1C[C@@H](c2cccs2)CC2=C1[C@@H](c1ccc(Cl)c(Cl)c1)n1ncnc1N2. The third-order valence-corrected chi connectivity index (χ3v) is 6.84. The molecule has 2 aliphatic rings. The summed E-state index contributed by atoms with van der Waals surface area (Å²) in [6.07, 6.45) is 2.75. The lowest BCUT2D eigenvalue weighted by atomic mass is 9.80. The molecule has 0 radical (unpaired) electrons. The Morgan fingerprint density at radius 1 is 1.19 bits per heavy atom. The maximum absolute atomic E-state index is 13.2. The second kappa shape index (κ2) is 6.48. The van der Waals surface area contributed by atoms with Gasteiger partial charge in [-0.25, -0.2) is 4.68 Å². The average molecular weight is 417 g/mol. The fourth-order valence-corrected chi connectivity index (χ4v) is 5.00. The molecule has 0 unspecified atom stereocenters. The van der Waals surface area contributed by atoms with Crippen molar-refractivity contribution in [2.75, 3.05) is 5.32 Å². The molecule has 5 nitrogen and oxygen atoms in total. The van der Waals surface area contributed by atoms with E-state index in [0.29, 0.717) is 22.4 Å². The number of rotatable bonds is 2. The van der Waals surface area contributed by atoms with E-state index in [-0.39, 0.29) is 17.7 Å². The number of nitrogens with one attached hydrogen (secondary N) is 1. The quantitative estimate of drug-likeness (QED) is 0.633. The molecule has 1 aliphatic heterocycles. The van der Waals surface area contributed by atoms with Crippen LogP contribution in [0.15, 0.2) is 53.3 Å². The van der Waals surface area contributed by atoms with Gasteiger partial charge in [0.2, 0.25) is 5.95 Å². The summed E-state index contributed by atoms with van der Waals surface area (Å²) < 4.78 is 1.74. The van der Waals surface area contributed by atoms with E-state index in [9.17, 15) is 4.79 Å². The van der Waals surface area contributed by atoms with Crippen molar-refractivity contribution in [2.45, 2.75) is 24.8 Å². The average Bonchev–Trinajstić information content (AvgIpc) is 3.33. The summed E-state index contributed by atoms with van der Waals surface area (Å²) in [4.78, 5) is 18.7. The number of nitrogens with zero attached hydrogens (tertiary/aromatic N) is 3. The maximum Gasteiger partial charge on any atom is 0.226 e. The Morgan fingerprint density at radius 3 is 2.85 bits per heavy atom. The van der Waals surface area contributed by atoms with Gasteiger partial charge in [-0.3, -0.25) is 4.79 Å². The molecule has 0 saturated heterocycles. The Hall–Kier alpha value is -2.15. The van der Waals surface area contributed by atoms with Crippen molar-refractivity contribution in [3.05, 3.63) is 73.8 Å². The zero-order valence-electron chi connectivity index (χ0n) is 14.0. The fraction of sp³-hybridized carbons (Fsp3) is 0.211. The summed E-state index contributed by atoms with van der Waals surface area (Å²) in [6.45, 7) is 0. The molecule has 0 fully saturated rings. The molecule has 3 aromatic rings. The minimum Gasteiger partial charge on any atom is -0.328 e. The highest BCUT2D eigenvalue weighted by Gasteiger charge is 2.39. The second-order valence-electron chi connectivity index (χ2n) is 6.67. The van der Waals surface area contributed by atoms with Gasteiger partial charge in [-0.15, -0.1) is 11.3 Å². The first-order valence-electron chi connectivity index (χ1n) is 8.53. The highest BCUT2D eigenvalue weighted by atomic mass is 35.5. The van der Waals surface area contributed by atoms with Crippen LogP contribution in [0.1, 0.15) is 35.2 Å². The molecular weight excluding hydrogens is 403 g/mol. The van der Waals surface area contributed by atoms with E-state index < -0.39 is 0 Å². The van der Waals surface area contributed by atoms with Crippen molar-refractivity contribution in [1.29, 1.82) is 0 Å². The molecule has 0 bridgehead atoms. The summed E-state index contributed by atoms with van der Waals surface area (Å²) in [5, 5.41) is 10.6. The summed E-state index contributed by atoms with van der Waals surface area (Å²) >= 11 is 14.0. The summed E-state index contributed by atoms with van der Waals surface area (Å²) in [6, 6.07) is 9.20. The number of carbonyl (C=O) groups is 1. The first kappa shape index (κ1) is 17.0. The monoisotopic (exact) mass is 416 g/mol. The van der Waals surface area contributed by atoms with Crippen LogP contribution in [-0.4, -0.2) is 20.5 Å². The number of carbonyl (C=O) groups excluding carboxylic acids is 1. The van der Waals surface area contributed by atoms with Crippen molar-refractivity contribution in [3.63, 3.8) is 0 Å². The van der Waals surface area contributed by atoms with Crippen LogP contribution in [0.5, 0.6) is 0 Å². The van der Waals surface area contributed by atoms with Gasteiger partial charge in [-0.05, 0) is 35.6 Å². The van der Waals surface area contributed by atoms with Crippen LogP contribution in [0.25, 0.3) is 0 Å². The Morgan fingerprint density at radius 2 is 2.07 bits per heavy atom. The lowest BCUT2D eigenvalue weighted by Crippen LogP contribution is -2.33. The van der Waals surface area contributed by atoms with Gasteiger partial charge in [-0.2, -0.15) is 10.1 Å². The highest BCUT2D eigenvalue weighted by molar-refractivity contribution is 7.10. The number of allylic oxidation sites excluding steroid dienone is 2. The van der Waals surface area contributed by atoms with Crippen molar-refractivity contribution in [2.24, 2.45) is 0 Å². The van der Waals surface area contributed by atoms with Crippen molar-refractivity contribution >= 4 is 46.3 Å². The van der Waals surface area contributed by atoms with E-state index >= 15 is 0 Å². The van der Waals surface area contributed by atoms with Gasteiger partial charge in [0.25, 0.3) is 0 Å². The molecule has 1 N–H and O–H groups in total. The normalized spacial score (nSPS) is 21.6. The summed E-state index contributed by atoms with van der Waals surface area (Å²) in [5.74, 6) is 0.941. The Labute approximate surface area is 169 Å². The Kier molecular flexibility index (Phi) is 4.07. The lowest BCUT2D eigenvalue weighted by molar-refractivity contribution is -0.116. The number of Topliss-reactive ketones (excluding diaryl/α,β-unsaturated/α-hetero) is 1. The Balaban J connectivity index is 1.63. The summed E-state index contributed by atoms with van der Waals surface area (Å²) in [7, 11) is 0. The predicted molar refractivity (Wildman–Crippen MR) is 107 cm³/mol. The Bertz CT molecular complexity index is 1070. The van der Waals surface area contributed by atoms with Gasteiger partial charge in [0, 0.05) is 28.5 Å². The van der Waals surface area contributed by atoms with E-state index in [4.69, 9.17) is 23.2 Å². The van der Waals surface area contributed by atoms with Crippen molar-refractivity contribution < 1.29 is 4.79 Å². The van der Waals surface area contributed by atoms with Gasteiger partial charge >= 0.3 is 0 Å². The molecule has 0 saturated carbocycles. The smallest absolute Gasteiger partial charge is 0.226 e. The van der Waals surface area contributed by atoms with Crippen LogP contribution in [0.3, 0.4) is 0 Å². The number of anilines is 1. The molecule has 0 spiro atoms. The number of hydrogen-bond donors (Lipinski definition) is 1. The zero-order valence-corrected chi connectivity index (χ0v) is 16.4. The number of aromatic nitrogens is 3. The number of ketones is 1. The van der Waals surface area contributed by atoms with Gasteiger partial charge < -0.3 is 5.32 Å². The third kappa shape index (κ3) is 2.79. The first-order valence-corrected chi connectivity index (χ1v) is 10.2. The number of hydrogen-bond acceptors (Lipinski definition) is 5. The molecule has 27 heavy (non-hydrogen) atoms. The predicted octanol–water partition coefficient (Wildman–Crippen LogP) is 5.06. The van der Waals surface area contributed by atoms with Gasteiger partial charge in [0.1, 0.15) is 12.4 Å². The number of thiophene rings is 1. The van der Waals surface area contributed by atoms with E-state index in [1.807, 2.05) is 17.5 Å². The minimum atomic E-state index is -0.356. The lowest BCUT2D eigenvalue weighted by Gasteiger charge is -2.34. The standard InChI is InChI=1S/C19H14Cl2N4OS/c20-12-4-3-10(6-13(12)21)18-17-14(24-19-22-9-23-25(18)19)7-11(8-15(17)26)16-2-1-5-27-16/h1-6,9,11,18H,7-8H2,(H,22,23,24)/t11-,18+/m0/s1. The first-order chi connectivity index (χ1) is 13.1. The van der Waals surface area contributed by atoms with Crippen molar-refractivity contribution in [1.82, 2.24) is 14.8 Å². The molecule has 8 heteroatoms. The van der Waals surface area contributed by atoms with Gasteiger partial charge in [-0.1, -0.05) is 35.3 Å². The molecule has 2 atom stereocenters. The van der Waals surface area contributed by atoms with Gasteiger partial charge in [0.15, 0.2) is 5.78 Å². The third-order valence-electron chi connectivity index (χ3n) is 5.07. The topological polar surface area (TPSA) is 59.8 Å². The van der Waals surface area contributed by atoms with Gasteiger partial charge in [0.05, 0.1) is 10.0 Å². The van der Waals surface area contributed by atoms with Crippen LogP contribution in [0.4, 0.5) is 5.95 Å². The molecule has 136 valence electrons. The molecule has 5 rings (SSSR count). The van der Waals surface area contributed by atoms with E-state index in [1.165, 1.54) is 11.2 Å². The molecule has 1 aromatic carbocycles. The number of benzene rings is 1. The molecule has 3 heterocycles. The molecule has 2 aromatic heterocycles. The zero-order chi connectivity index (χ0) is 18.5. The number of fused-ring (bicyclic) bond motifs is 1. The van der Waals surface area contributed by atoms with Crippen LogP contribution in [0, 0.1) is 0 Å². The second-order valence-corrected chi connectivity index (χ2v) is 8.46. The fourth-order valence-electron chi connectivity index (χ4n) is 3.87. The van der Waals surface area contributed by atoms with Crippen LogP contribution >= 0.6 is 34.5 Å². The van der Waals surface area contributed by atoms with Crippen molar-refractivity contribution in [3.8, 4) is 0 Å². The minimum absolute atomic E-state index is 0.124. The largest absolute Gasteiger partial charge is 0.328 e. The highest BCUT2D eigenvalue weighted by Crippen LogP contribution is 2.45. The van der Waals surface area contributed by atoms with Crippen LogP contribution in [-0.2, 0) is 4.79 Å². The van der Waals surface area contributed by atoms with Crippen LogP contribution in [0.2, 0.25) is 10.0 Å². The van der Waals surface area contributed by atoms with Crippen LogP contribution < -0.4 is 5.32 Å². The molecule has 0 amide bonds.